The zero-order valence-electron chi connectivity index (χ0n) is 18.0. The van der Waals surface area contributed by atoms with Crippen LogP contribution in [0.4, 0.5) is 11.5 Å². The van der Waals surface area contributed by atoms with Gasteiger partial charge in [-0.25, -0.2) is 18.4 Å². The van der Waals surface area contributed by atoms with Crippen LogP contribution in [0.1, 0.15) is 10.4 Å². The van der Waals surface area contributed by atoms with E-state index in [4.69, 9.17) is 9.47 Å². The van der Waals surface area contributed by atoms with Gasteiger partial charge in [0.15, 0.2) is 0 Å². The van der Waals surface area contributed by atoms with Crippen molar-refractivity contribution >= 4 is 27.4 Å². The van der Waals surface area contributed by atoms with Crippen molar-refractivity contribution < 1.29 is 22.7 Å². The molecule has 9 nitrogen and oxygen atoms in total. The summed E-state index contributed by atoms with van der Waals surface area (Å²) in [7, 11) is -2.59. The number of hydrogen-bond acceptors (Lipinski definition) is 7. The molecule has 1 aromatic heterocycles. The van der Waals surface area contributed by atoms with Crippen molar-refractivity contribution in [3.05, 3.63) is 96.8 Å². The van der Waals surface area contributed by atoms with Crippen LogP contribution in [0.3, 0.4) is 0 Å². The fourth-order valence-electron chi connectivity index (χ4n) is 3.01. The van der Waals surface area contributed by atoms with Gasteiger partial charge >= 0.3 is 0 Å². The molecule has 0 aliphatic rings. The summed E-state index contributed by atoms with van der Waals surface area (Å²) in [6.45, 7) is 0. The SMILES string of the molecule is COc1nccnc1NS(=O)(=O)c1ccc(NC(=O)c2ccccc2Oc2ccccc2)cc1. The summed E-state index contributed by atoms with van der Waals surface area (Å²) in [5.74, 6) is 0.616. The molecule has 3 aromatic carbocycles. The molecule has 0 fully saturated rings. The number of para-hydroxylation sites is 2. The van der Waals surface area contributed by atoms with E-state index in [9.17, 15) is 13.2 Å². The maximum absolute atomic E-state index is 12.9. The Balaban J connectivity index is 1.48. The Bertz CT molecular complexity index is 1390. The predicted octanol–water partition coefficient (Wildman–Crippen LogP) is 4.33. The largest absolute Gasteiger partial charge is 0.478 e. The van der Waals surface area contributed by atoms with E-state index >= 15 is 0 Å². The fraction of sp³-hybridized carbons (Fsp3) is 0.0417. The minimum absolute atomic E-state index is 0.0222. The van der Waals surface area contributed by atoms with Crippen molar-refractivity contribution in [3.63, 3.8) is 0 Å². The molecule has 0 unspecified atom stereocenters. The van der Waals surface area contributed by atoms with Gasteiger partial charge in [-0.3, -0.25) is 9.52 Å². The zero-order valence-corrected chi connectivity index (χ0v) is 18.8. The van der Waals surface area contributed by atoms with Gasteiger partial charge in [-0.2, -0.15) is 0 Å². The summed E-state index contributed by atoms with van der Waals surface area (Å²) in [4.78, 5) is 20.7. The van der Waals surface area contributed by atoms with Gasteiger partial charge in [0, 0.05) is 18.1 Å². The third-order valence-corrected chi connectivity index (χ3v) is 5.97. The first kappa shape index (κ1) is 22.7. The van der Waals surface area contributed by atoms with Crippen LogP contribution >= 0.6 is 0 Å². The second kappa shape index (κ2) is 10.0. The molecule has 1 heterocycles. The maximum Gasteiger partial charge on any atom is 0.263 e. The normalized spacial score (nSPS) is 10.9. The third kappa shape index (κ3) is 5.30. The maximum atomic E-state index is 12.9. The van der Waals surface area contributed by atoms with E-state index in [2.05, 4.69) is 20.0 Å². The van der Waals surface area contributed by atoms with Crippen molar-refractivity contribution in [3.8, 4) is 17.4 Å². The Morgan fingerprint density at radius 3 is 2.26 bits per heavy atom. The monoisotopic (exact) mass is 476 g/mol. The van der Waals surface area contributed by atoms with Crippen molar-refractivity contribution in [2.45, 2.75) is 4.90 Å². The first-order chi connectivity index (χ1) is 16.5. The lowest BCUT2D eigenvalue weighted by molar-refractivity contribution is 0.102. The molecule has 0 radical (unpaired) electrons. The first-order valence-electron chi connectivity index (χ1n) is 10.1. The lowest BCUT2D eigenvalue weighted by Gasteiger charge is -2.12. The number of rotatable bonds is 8. The Kier molecular flexibility index (Phi) is 6.69. The molecule has 1 amide bonds. The van der Waals surface area contributed by atoms with Crippen molar-refractivity contribution in [2.24, 2.45) is 0 Å². The molecule has 4 aromatic rings. The van der Waals surface area contributed by atoms with Crippen LogP contribution in [0.25, 0.3) is 0 Å². The van der Waals surface area contributed by atoms with Crippen LogP contribution in [0.2, 0.25) is 0 Å². The van der Waals surface area contributed by atoms with Crippen LogP contribution in [0.15, 0.2) is 96.2 Å². The van der Waals surface area contributed by atoms with Gasteiger partial charge in [-0.1, -0.05) is 30.3 Å². The van der Waals surface area contributed by atoms with Gasteiger partial charge in [-0.15, -0.1) is 0 Å². The van der Waals surface area contributed by atoms with Crippen LogP contribution < -0.4 is 19.5 Å². The fourth-order valence-corrected chi connectivity index (χ4v) is 4.01. The summed E-state index contributed by atoms with van der Waals surface area (Å²) >= 11 is 0. The predicted molar refractivity (Wildman–Crippen MR) is 127 cm³/mol. The number of amides is 1. The summed E-state index contributed by atoms with van der Waals surface area (Å²) < 4.78 is 38.6. The van der Waals surface area contributed by atoms with E-state index in [0.717, 1.165) is 0 Å². The summed E-state index contributed by atoms with van der Waals surface area (Å²) in [5.41, 5.74) is 0.745. The quantitative estimate of drug-likeness (QED) is 0.388. The van der Waals surface area contributed by atoms with Crippen LogP contribution in [0.5, 0.6) is 17.4 Å². The molecule has 4 rings (SSSR count). The Morgan fingerprint density at radius 2 is 1.53 bits per heavy atom. The standard InChI is InChI=1S/C24H20N4O5S/c1-32-24-22(25-15-16-26-24)28-34(30,31)19-13-11-17(12-14-19)27-23(29)20-9-5-6-10-21(20)33-18-7-3-2-4-8-18/h2-16H,1H3,(H,25,28)(H,27,29). The van der Waals surface area contributed by atoms with Gasteiger partial charge < -0.3 is 14.8 Å². The molecule has 0 saturated carbocycles. The molecular formula is C24H20N4O5S. The number of hydrogen-bond donors (Lipinski definition) is 2. The van der Waals surface area contributed by atoms with Gasteiger partial charge in [0.2, 0.25) is 5.82 Å². The van der Waals surface area contributed by atoms with Gasteiger partial charge in [0.1, 0.15) is 11.5 Å². The van der Waals surface area contributed by atoms with Crippen LogP contribution in [-0.2, 0) is 10.0 Å². The van der Waals surface area contributed by atoms with E-state index in [1.807, 2.05) is 18.2 Å². The van der Waals surface area contributed by atoms with E-state index < -0.39 is 15.9 Å². The number of ether oxygens (including phenoxy) is 2. The lowest BCUT2D eigenvalue weighted by atomic mass is 10.2. The minimum Gasteiger partial charge on any atom is -0.478 e. The molecule has 2 N–H and O–H groups in total. The highest BCUT2D eigenvalue weighted by molar-refractivity contribution is 7.92. The van der Waals surface area contributed by atoms with E-state index in [1.54, 1.807) is 36.4 Å². The summed E-state index contributed by atoms with van der Waals surface area (Å²) in [5, 5.41) is 2.75. The second-order valence-corrected chi connectivity index (χ2v) is 8.59. The Hall–Kier alpha value is -4.44. The Labute approximate surface area is 196 Å². The molecule has 0 atom stereocenters. The average Bonchev–Trinajstić information content (AvgIpc) is 2.85. The topological polar surface area (TPSA) is 120 Å². The number of carbonyl (C=O) groups is 1. The van der Waals surface area contributed by atoms with E-state index in [0.29, 0.717) is 22.7 Å². The number of anilines is 2. The minimum atomic E-state index is -3.95. The van der Waals surface area contributed by atoms with E-state index in [-0.39, 0.29) is 16.6 Å². The molecule has 34 heavy (non-hydrogen) atoms. The number of nitrogens with zero attached hydrogens (tertiary/aromatic N) is 2. The molecule has 10 heteroatoms. The summed E-state index contributed by atoms with van der Waals surface area (Å²) in [6.07, 6.45) is 2.73. The van der Waals surface area contributed by atoms with Crippen molar-refractivity contribution in [1.29, 1.82) is 0 Å². The van der Waals surface area contributed by atoms with E-state index in [1.165, 1.54) is 43.8 Å². The number of benzene rings is 3. The number of carbonyl (C=O) groups excluding carboxylic acids is 1. The average molecular weight is 477 g/mol. The number of methoxy groups -OCH3 is 1. The molecule has 0 spiro atoms. The zero-order chi connectivity index (χ0) is 24.0. The highest BCUT2D eigenvalue weighted by atomic mass is 32.2. The molecule has 0 bridgehead atoms. The lowest BCUT2D eigenvalue weighted by Crippen LogP contribution is -2.16. The number of aromatic nitrogens is 2. The third-order valence-electron chi connectivity index (χ3n) is 4.61. The smallest absolute Gasteiger partial charge is 0.263 e. The first-order valence-corrected chi connectivity index (χ1v) is 11.6. The molecule has 0 aliphatic carbocycles. The molecule has 0 aliphatic heterocycles. The Morgan fingerprint density at radius 1 is 0.853 bits per heavy atom. The molecular weight excluding hydrogens is 456 g/mol. The summed E-state index contributed by atoms with van der Waals surface area (Å²) in [6, 6.07) is 21.7. The van der Waals surface area contributed by atoms with Gasteiger partial charge in [0.05, 0.1) is 17.6 Å². The molecule has 172 valence electrons. The van der Waals surface area contributed by atoms with Crippen molar-refractivity contribution in [2.75, 3.05) is 17.1 Å². The number of sulfonamides is 1. The van der Waals surface area contributed by atoms with Crippen molar-refractivity contribution in [1.82, 2.24) is 9.97 Å². The van der Waals surface area contributed by atoms with Gasteiger partial charge in [0.25, 0.3) is 21.8 Å². The number of nitrogens with one attached hydrogen (secondary N) is 2. The highest BCUT2D eigenvalue weighted by Gasteiger charge is 2.19. The van der Waals surface area contributed by atoms with Crippen LogP contribution in [-0.4, -0.2) is 31.4 Å². The van der Waals surface area contributed by atoms with Crippen LogP contribution in [0, 0.1) is 0 Å². The highest BCUT2D eigenvalue weighted by Crippen LogP contribution is 2.26. The van der Waals surface area contributed by atoms with Gasteiger partial charge in [-0.05, 0) is 48.5 Å². The second-order valence-electron chi connectivity index (χ2n) is 6.91. The molecule has 0 saturated heterocycles.